The van der Waals surface area contributed by atoms with Crippen LogP contribution in [0.4, 0.5) is 17.5 Å². The molecule has 0 unspecified atom stereocenters. The van der Waals surface area contributed by atoms with Crippen LogP contribution in [0.3, 0.4) is 0 Å². The van der Waals surface area contributed by atoms with Gasteiger partial charge in [0.15, 0.2) is 0 Å². The Kier molecular flexibility index (Phi) is 5.12. The first kappa shape index (κ1) is 17.6. The Hall–Kier alpha value is -2.79. The van der Waals surface area contributed by atoms with Gasteiger partial charge >= 0.3 is 0 Å². The van der Waals surface area contributed by atoms with Crippen LogP contribution in [-0.4, -0.2) is 42.7 Å². The molecule has 5 nitrogen and oxygen atoms in total. The van der Waals surface area contributed by atoms with Gasteiger partial charge in [0.1, 0.15) is 5.82 Å². The predicted octanol–water partition coefficient (Wildman–Crippen LogP) is 4.21. The number of halogens is 1. The lowest BCUT2D eigenvalue weighted by atomic mass is 10.2. The van der Waals surface area contributed by atoms with Crippen molar-refractivity contribution in [3.8, 4) is 0 Å². The van der Waals surface area contributed by atoms with Gasteiger partial charge in [0, 0.05) is 38.1 Å². The summed E-state index contributed by atoms with van der Waals surface area (Å²) in [4.78, 5) is 14.1. The van der Waals surface area contributed by atoms with Gasteiger partial charge in [-0.25, -0.2) is 4.98 Å². The van der Waals surface area contributed by atoms with E-state index in [4.69, 9.17) is 21.6 Å². The monoisotopic (exact) mass is 379 g/mol. The summed E-state index contributed by atoms with van der Waals surface area (Å²) in [5.41, 5.74) is 2.04. The quantitative estimate of drug-likeness (QED) is 0.673. The lowest BCUT2D eigenvalue weighted by molar-refractivity contribution is 0.641. The number of rotatable bonds is 5. The summed E-state index contributed by atoms with van der Waals surface area (Å²) in [6, 6.07) is 16.1. The van der Waals surface area contributed by atoms with Crippen LogP contribution in [-0.2, 0) is 0 Å². The van der Waals surface area contributed by atoms with E-state index >= 15 is 0 Å². The smallest absolute Gasteiger partial charge is 0.228 e. The minimum Gasteiger partial charge on any atom is -0.367 e. The highest BCUT2D eigenvalue weighted by Crippen LogP contribution is 2.28. The Labute approximate surface area is 164 Å². The number of nitrogens with zero attached hydrogens (tertiary/aromatic N) is 4. The van der Waals surface area contributed by atoms with Crippen molar-refractivity contribution in [3.05, 3.63) is 66.2 Å². The van der Waals surface area contributed by atoms with E-state index in [9.17, 15) is 0 Å². The number of anilines is 3. The van der Waals surface area contributed by atoms with E-state index in [1.165, 1.54) is 0 Å². The fourth-order valence-corrected chi connectivity index (χ4v) is 3.62. The first-order chi connectivity index (χ1) is 13.3. The molecule has 1 N–H and O–H groups in total. The summed E-state index contributed by atoms with van der Waals surface area (Å²) >= 11 is 6.35. The van der Waals surface area contributed by atoms with Crippen molar-refractivity contribution in [3.63, 3.8) is 0 Å². The second-order valence-electron chi connectivity index (χ2n) is 6.48. The summed E-state index contributed by atoms with van der Waals surface area (Å²) in [6.45, 7) is 7.92. The van der Waals surface area contributed by atoms with Crippen molar-refractivity contribution in [1.29, 1.82) is 0 Å². The summed E-state index contributed by atoms with van der Waals surface area (Å²) in [5.74, 6) is 1.61. The Morgan fingerprint density at radius 1 is 0.963 bits per heavy atom. The molecule has 0 radical (unpaired) electrons. The SMILES string of the molecule is C=CCNc1nc(N2CCN(c3ccccc3Cl)CC2)nc2ccccc12. The molecule has 0 spiro atoms. The molecule has 2 aromatic carbocycles. The molecular formula is C21H22ClN5. The lowest BCUT2D eigenvalue weighted by Crippen LogP contribution is -2.47. The van der Waals surface area contributed by atoms with Crippen molar-refractivity contribution < 1.29 is 0 Å². The van der Waals surface area contributed by atoms with E-state index in [0.29, 0.717) is 6.54 Å². The number of fused-ring (bicyclic) bond motifs is 1. The Bertz CT molecular complexity index is 950. The number of aromatic nitrogens is 2. The molecule has 2 heterocycles. The molecule has 0 amide bonds. The van der Waals surface area contributed by atoms with Crippen molar-refractivity contribution >= 4 is 40.0 Å². The number of hydrogen-bond acceptors (Lipinski definition) is 5. The van der Waals surface area contributed by atoms with Crippen LogP contribution >= 0.6 is 11.6 Å². The fourth-order valence-electron chi connectivity index (χ4n) is 3.36. The standard InChI is InChI=1S/C21H22ClN5/c1-2-11-23-20-16-7-3-5-9-18(16)24-21(25-20)27-14-12-26(13-15-27)19-10-6-4-8-17(19)22/h2-10H,1,11-15H2,(H,23,24,25). The summed E-state index contributed by atoms with van der Waals surface area (Å²) in [7, 11) is 0. The van der Waals surface area contributed by atoms with Gasteiger partial charge in [-0.05, 0) is 24.3 Å². The van der Waals surface area contributed by atoms with E-state index in [-0.39, 0.29) is 0 Å². The fraction of sp³-hybridized carbons (Fsp3) is 0.238. The first-order valence-corrected chi connectivity index (χ1v) is 9.50. The van der Waals surface area contributed by atoms with Gasteiger partial charge in [-0.2, -0.15) is 4.98 Å². The van der Waals surface area contributed by atoms with Crippen LogP contribution in [0.15, 0.2) is 61.2 Å². The van der Waals surface area contributed by atoms with E-state index < -0.39 is 0 Å². The molecule has 1 saturated heterocycles. The van der Waals surface area contributed by atoms with E-state index in [1.54, 1.807) is 0 Å². The van der Waals surface area contributed by atoms with Gasteiger partial charge < -0.3 is 15.1 Å². The molecule has 0 aliphatic carbocycles. The molecule has 1 fully saturated rings. The highest BCUT2D eigenvalue weighted by Gasteiger charge is 2.21. The lowest BCUT2D eigenvalue weighted by Gasteiger charge is -2.36. The Morgan fingerprint density at radius 3 is 2.44 bits per heavy atom. The van der Waals surface area contributed by atoms with Gasteiger partial charge in [-0.15, -0.1) is 6.58 Å². The minimum atomic E-state index is 0.667. The molecule has 0 atom stereocenters. The van der Waals surface area contributed by atoms with E-state index in [1.807, 2.05) is 48.5 Å². The van der Waals surface area contributed by atoms with Crippen LogP contribution in [0.25, 0.3) is 10.9 Å². The number of piperazine rings is 1. The molecule has 6 heteroatoms. The van der Waals surface area contributed by atoms with Gasteiger partial charge in [0.25, 0.3) is 0 Å². The third-order valence-electron chi connectivity index (χ3n) is 4.76. The maximum atomic E-state index is 6.35. The normalized spacial score (nSPS) is 14.4. The second-order valence-corrected chi connectivity index (χ2v) is 6.89. The van der Waals surface area contributed by atoms with Crippen molar-refractivity contribution in [2.75, 3.05) is 47.8 Å². The zero-order chi connectivity index (χ0) is 18.6. The molecule has 1 aliphatic rings. The maximum Gasteiger partial charge on any atom is 0.228 e. The topological polar surface area (TPSA) is 44.3 Å². The van der Waals surface area contributed by atoms with Crippen LogP contribution in [0.2, 0.25) is 5.02 Å². The van der Waals surface area contributed by atoms with E-state index in [0.717, 1.165) is 59.6 Å². The predicted molar refractivity (Wildman–Crippen MR) is 114 cm³/mol. The summed E-state index contributed by atoms with van der Waals surface area (Å²) < 4.78 is 0. The van der Waals surface area contributed by atoms with Gasteiger partial charge in [-0.1, -0.05) is 41.9 Å². The number of nitrogens with one attached hydrogen (secondary N) is 1. The second kappa shape index (κ2) is 7.84. The Morgan fingerprint density at radius 2 is 1.67 bits per heavy atom. The number of hydrogen-bond donors (Lipinski definition) is 1. The average Bonchev–Trinajstić information content (AvgIpc) is 2.72. The molecule has 3 aromatic rings. The average molecular weight is 380 g/mol. The third kappa shape index (κ3) is 3.69. The molecule has 138 valence electrons. The third-order valence-corrected chi connectivity index (χ3v) is 5.08. The number of para-hydroxylation sites is 2. The highest BCUT2D eigenvalue weighted by atomic mass is 35.5. The van der Waals surface area contributed by atoms with Crippen LogP contribution in [0.5, 0.6) is 0 Å². The van der Waals surface area contributed by atoms with Gasteiger partial charge in [-0.3, -0.25) is 0 Å². The van der Waals surface area contributed by atoms with Crippen molar-refractivity contribution in [1.82, 2.24) is 9.97 Å². The largest absolute Gasteiger partial charge is 0.367 e. The van der Waals surface area contributed by atoms with Gasteiger partial charge in [0.2, 0.25) is 5.95 Å². The van der Waals surface area contributed by atoms with Crippen molar-refractivity contribution in [2.45, 2.75) is 0 Å². The molecular weight excluding hydrogens is 358 g/mol. The van der Waals surface area contributed by atoms with Crippen molar-refractivity contribution in [2.24, 2.45) is 0 Å². The molecule has 27 heavy (non-hydrogen) atoms. The molecule has 0 bridgehead atoms. The Balaban J connectivity index is 1.56. The van der Waals surface area contributed by atoms with Crippen LogP contribution < -0.4 is 15.1 Å². The molecule has 0 saturated carbocycles. The highest BCUT2D eigenvalue weighted by molar-refractivity contribution is 6.33. The maximum absolute atomic E-state index is 6.35. The molecule has 4 rings (SSSR count). The zero-order valence-corrected chi connectivity index (χ0v) is 15.9. The number of benzene rings is 2. The van der Waals surface area contributed by atoms with Crippen LogP contribution in [0, 0.1) is 0 Å². The van der Waals surface area contributed by atoms with Gasteiger partial charge in [0.05, 0.1) is 16.2 Å². The van der Waals surface area contributed by atoms with Crippen LogP contribution in [0.1, 0.15) is 0 Å². The minimum absolute atomic E-state index is 0.667. The zero-order valence-electron chi connectivity index (χ0n) is 15.1. The molecule has 1 aliphatic heterocycles. The van der Waals surface area contributed by atoms with E-state index in [2.05, 4.69) is 27.8 Å². The molecule has 1 aromatic heterocycles. The summed E-state index contributed by atoms with van der Waals surface area (Å²) in [5, 5.41) is 5.16. The first-order valence-electron chi connectivity index (χ1n) is 9.12. The summed E-state index contributed by atoms with van der Waals surface area (Å²) in [6.07, 6.45) is 1.83.